The number of nitrogen functional groups attached to an aromatic ring is 1. The Bertz CT molecular complexity index is 1460. The van der Waals surface area contributed by atoms with Gasteiger partial charge in [0.05, 0.1) is 21.3 Å². The van der Waals surface area contributed by atoms with Crippen molar-refractivity contribution in [3.8, 4) is 5.69 Å². The summed E-state index contributed by atoms with van der Waals surface area (Å²) in [6.45, 7) is 8.48. The van der Waals surface area contributed by atoms with Gasteiger partial charge >= 0.3 is 6.18 Å². The zero-order valence-electron chi connectivity index (χ0n) is 21.3. The highest BCUT2D eigenvalue weighted by molar-refractivity contribution is 6.38. The molecule has 5 rings (SSSR count). The lowest BCUT2D eigenvalue weighted by Crippen LogP contribution is -2.48. The van der Waals surface area contributed by atoms with E-state index in [9.17, 15) is 13.2 Å². The van der Waals surface area contributed by atoms with E-state index in [-0.39, 0.29) is 5.95 Å². The molecule has 2 aromatic heterocycles. The summed E-state index contributed by atoms with van der Waals surface area (Å²) < 4.78 is 40.8. The molecular formula is C26H27Cl2F3N8. The molecule has 1 aliphatic heterocycles. The predicted octanol–water partition coefficient (Wildman–Crippen LogP) is 6.24. The third-order valence-corrected chi connectivity index (χ3v) is 7.05. The summed E-state index contributed by atoms with van der Waals surface area (Å²) >= 11 is 13.0. The maximum absolute atomic E-state index is 13.1. The molecule has 1 fully saturated rings. The standard InChI is InChI=1S/C26H27Cl2F3N8/c1-15(2)14-37-10-12-38(13-11-37)25-35-22(33-17-8-6-16(7-9-17)26(29,30)31)20-23(36-25)39(24(32)34-20)21-18(27)4-3-5-19(21)28/h3-9,15H,10-14H2,1-2H3,(H2,32,34)(H,33,35,36). The Labute approximate surface area is 233 Å². The van der Waals surface area contributed by atoms with Crippen LogP contribution in [-0.4, -0.2) is 57.1 Å². The van der Waals surface area contributed by atoms with Crippen molar-refractivity contribution < 1.29 is 13.2 Å². The molecule has 2 aromatic carbocycles. The number of aromatic nitrogens is 4. The monoisotopic (exact) mass is 578 g/mol. The number of anilines is 4. The summed E-state index contributed by atoms with van der Waals surface area (Å²) in [6.07, 6.45) is -4.44. The number of para-hydroxylation sites is 1. The van der Waals surface area contributed by atoms with Crippen LogP contribution >= 0.6 is 23.2 Å². The number of nitrogens with two attached hydrogens (primary N) is 1. The first-order valence-corrected chi connectivity index (χ1v) is 13.2. The number of alkyl halides is 3. The van der Waals surface area contributed by atoms with Gasteiger partial charge in [-0.1, -0.05) is 43.1 Å². The summed E-state index contributed by atoms with van der Waals surface area (Å²) in [5, 5.41) is 3.82. The summed E-state index contributed by atoms with van der Waals surface area (Å²) in [5.74, 6) is 1.38. The number of fused-ring (bicyclic) bond motifs is 1. The van der Waals surface area contributed by atoms with Gasteiger partial charge in [0.15, 0.2) is 17.0 Å². The molecule has 0 radical (unpaired) electrons. The average Bonchev–Trinajstić information content (AvgIpc) is 3.20. The highest BCUT2D eigenvalue weighted by Gasteiger charge is 2.30. The average molecular weight is 579 g/mol. The molecule has 3 N–H and O–H groups in total. The SMILES string of the molecule is CC(C)CN1CCN(c2nc(Nc3ccc(C(F)(F)F)cc3)c3nc(N)n(-c4c(Cl)cccc4Cl)c3n2)CC1. The molecule has 0 aliphatic carbocycles. The van der Waals surface area contributed by atoms with Crippen molar-refractivity contribution >= 4 is 57.8 Å². The van der Waals surface area contributed by atoms with E-state index in [1.165, 1.54) is 12.1 Å². The van der Waals surface area contributed by atoms with Gasteiger partial charge in [0.1, 0.15) is 0 Å². The molecule has 0 bridgehead atoms. The predicted molar refractivity (Wildman–Crippen MR) is 149 cm³/mol. The largest absolute Gasteiger partial charge is 0.416 e. The van der Waals surface area contributed by atoms with Gasteiger partial charge in [-0.2, -0.15) is 23.1 Å². The molecule has 4 aromatic rings. The quantitative estimate of drug-likeness (QED) is 0.280. The number of hydrogen-bond donors (Lipinski definition) is 2. The van der Waals surface area contributed by atoms with E-state index in [1.807, 2.05) is 0 Å². The van der Waals surface area contributed by atoms with Crippen molar-refractivity contribution in [2.24, 2.45) is 5.92 Å². The molecule has 0 amide bonds. The molecule has 0 unspecified atom stereocenters. The molecule has 1 aliphatic rings. The number of piperazine rings is 1. The smallest absolute Gasteiger partial charge is 0.369 e. The number of halogens is 5. The second-order valence-corrected chi connectivity index (χ2v) is 10.6. The topological polar surface area (TPSA) is 88.1 Å². The van der Waals surface area contributed by atoms with Gasteiger partial charge in [0.25, 0.3) is 0 Å². The van der Waals surface area contributed by atoms with E-state index >= 15 is 0 Å². The molecule has 39 heavy (non-hydrogen) atoms. The number of nitrogens with zero attached hydrogens (tertiary/aromatic N) is 6. The number of rotatable bonds is 6. The van der Waals surface area contributed by atoms with Crippen LogP contribution in [0.5, 0.6) is 0 Å². The lowest BCUT2D eigenvalue weighted by atomic mass is 10.2. The zero-order valence-corrected chi connectivity index (χ0v) is 22.8. The van der Waals surface area contributed by atoms with Crippen molar-refractivity contribution in [2.75, 3.05) is 48.7 Å². The fourth-order valence-electron chi connectivity index (χ4n) is 4.64. The highest BCUT2D eigenvalue weighted by atomic mass is 35.5. The molecule has 1 saturated heterocycles. The van der Waals surface area contributed by atoms with Crippen molar-refractivity contribution in [1.82, 2.24) is 24.4 Å². The van der Waals surface area contributed by atoms with Gasteiger partial charge in [-0.05, 0) is 42.3 Å². The van der Waals surface area contributed by atoms with Gasteiger partial charge in [-0.15, -0.1) is 0 Å². The molecule has 13 heteroatoms. The van der Waals surface area contributed by atoms with E-state index in [0.717, 1.165) is 31.8 Å². The van der Waals surface area contributed by atoms with Crippen LogP contribution in [-0.2, 0) is 6.18 Å². The van der Waals surface area contributed by atoms with E-state index in [0.29, 0.717) is 63.4 Å². The second kappa shape index (κ2) is 10.7. The van der Waals surface area contributed by atoms with Crippen LogP contribution < -0.4 is 16.0 Å². The van der Waals surface area contributed by atoms with Crippen LogP contribution in [0, 0.1) is 5.92 Å². The molecular weight excluding hydrogens is 552 g/mol. The fourth-order valence-corrected chi connectivity index (χ4v) is 5.21. The molecule has 8 nitrogen and oxygen atoms in total. The Morgan fingerprint density at radius 1 is 0.949 bits per heavy atom. The molecule has 0 spiro atoms. The van der Waals surface area contributed by atoms with Crippen LogP contribution in [0.1, 0.15) is 19.4 Å². The first-order chi connectivity index (χ1) is 18.5. The highest BCUT2D eigenvalue weighted by Crippen LogP contribution is 2.36. The van der Waals surface area contributed by atoms with Crippen molar-refractivity contribution in [2.45, 2.75) is 20.0 Å². The molecule has 0 saturated carbocycles. The van der Waals surface area contributed by atoms with E-state index in [4.69, 9.17) is 38.9 Å². The maximum Gasteiger partial charge on any atom is 0.416 e. The normalized spacial score (nSPS) is 14.9. The minimum atomic E-state index is -4.44. The van der Waals surface area contributed by atoms with Crippen molar-refractivity contribution in [3.63, 3.8) is 0 Å². The van der Waals surface area contributed by atoms with Crippen LogP contribution in [0.25, 0.3) is 16.9 Å². The first kappa shape index (κ1) is 27.3. The van der Waals surface area contributed by atoms with Crippen LogP contribution in [0.2, 0.25) is 10.0 Å². The Balaban J connectivity index is 1.59. The number of nitrogens with one attached hydrogen (secondary N) is 1. The third-order valence-electron chi connectivity index (χ3n) is 6.44. The van der Waals surface area contributed by atoms with E-state index < -0.39 is 11.7 Å². The number of imidazole rings is 1. The van der Waals surface area contributed by atoms with Gasteiger partial charge in [0.2, 0.25) is 11.9 Å². The fraction of sp³-hybridized carbons (Fsp3) is 0.346. The molecule has 3 heterocycles. The van der Waals surface area contributed by atoms with Gasteiger partial charge in [0, 0.05) is 38.4 Å². The summed E-state index contributed by atoms with van der Waals surface area (Å²) in [5.41, 5.74) is 7.11. The number of benzene rings is 2. The van der Waals surface area contributed by atoms with Gasteiger partial charge < -0.3 is 16.0 Å². The van der Waals surface area contributed by atoms with Crippen LogP contribution in [0.3, 0.4) is 0 Å². The summed E-state index contributed by atoms with van der Waals surface area (Å²) in [7, 11) is 0. The minimum absolute atomic E-state index is 0.0867. The summed E-state index contributed by atoms with van der Waals surface area (Å²) in [6, 6.07) is 9.78. The maximum atomic E-state index is 13.1. The lowest BCUT2D eigenvalue weighted by Gasteiger charge is -2.35. The summed E-state index contributed by atoms with van der Waals surface area (Å²) in [4.78, 5) is 18.5. The Hall–Kier alpha value is -3.28. The lowest BCUT2D eigenvalue weighted by molar-refractivity contribution is -0.137. The Morgan fingerprint density at radius 3 is 2.18 bits per heavy atom. The molecule has 206 valence electrons. The van der Waals surface area contributed by atoms with E-state index in [1.54, 1.807) is 22.8 Å². The van der Waals surface area contributed by atoms with Crippen molar-refractivity contribution in [1.29, 1.82) is 0 Å². The van der Waals surface area contributed by atoms with Crippen LogP contribution in [0.15, 0.2) is 42.5 Å². The van der Waals surface area contributed by atoms with Crippen LogP contribution in [0.4, 0.5) is 36.6 Å². The van der Waals surface area contributed by atoms with Crippen molar-refractivity contribution in [3.05, 3.63) is 58.1 Å². The number of hydrogen-bond acceptors (Lipinski definition) is 7. The van der Waals surface area contributed by atoms with E-state index in [2.05, 4.69) is 33.9 Å². The molecule has 0 atom stereocenters. The third kappa shape index (κ3) is 5.70. The first-order valence-electron chi connectivity index (χ1n) is 12.4. The van der Waals surface area contributed by atoms with Gasteiger partial charge in [-0.3, -0.25) is 9.47 Å². The van der Waals surface area contributed by atoms with Gasteiger partial charge in [-0.25, -0.2) is 4.98 Å². The Morgan fingerprint density at radius 2 is 1.59 bits per heavy atom. The minimum Gasteiger partial charge on any atom is -0.369 e. The second-order valence-electron chi connectivity index (χ2n) is 9.80. The zero-order chi connectivity index (χ0) is 27.9. The Kier molecular flexibility index (Phi) is 7.49.